The molecule has 0 atom stereocenters. The molecule has 0 bridgehead atoms. The van der Waals surface area contributed by atoms with Gasteiger partial charge in [0.15, 0.2) is 0 Å². The van der Waals surface area contributed by atoms with Gasteiger partial charge in [-0.1, -0.05) is 55.1 Å². The summed E-state index contributed by atoms with van der Waals surface area (Å²) >= 11 is 0. The van der Waals surface area contributed by atoms with Crippen molar-refractivity contribution >= 4 is 0 Å². The molecule has 98 valence electrons. The molecule has 0 fully saturated rings. The monoisotopic (exact) mass is 254 g/mol. The SMILES string of the molecule is C=C(C)OCCOc1ccccc1-c1ccccc1. The van der Waals surface area contributed by atoms with Crippen LogP contribution in [0.25, 0.3) is 11.1 Å². The summed E-state index contributed by atoms with van der Waals surface area (Å²) < 4.78 is 11.1. The lowest BCUT2D eigenvalue weighted by Crippen LogP contribution is -2.06. The minimum Gasteiger partial charge on any atom is -0.495 e. The second kappa shape index (κ2) is 6.64. The number of ether oxygens (including phenoxy) is 2. The van der Waals surface area contributed by atoms with Gasteiger partial charge in [-0.3, -0.25) is 0 Å². The minimum atomic E-state index is 0.511. The highest BCUT2D eigenvalue weighted by atomic mass is 16.5. The van der Waals surface area contributed by atoms with Crippen molar-refractivity contribution in [1.29, 1.82) is 0 Å². The minimum absolute atomic E-state index is 0.511. The average Bonchev–Trinajstić information content (AvgIpc) is 2.45. The van der Waals surface area contributed by atoms with Gasteiger partial charge in [0.1, 0.15) is 19.0 Å². The molecule has 0 N–H and O–H groups in total. The van der Waals surface area contributed by atoms with E-state index in [9.17, 15) is 0 Å². The van der Waals surface area contributed by atoms with Crippen LogP contribution in [0.3, 0.4) is 0 Å². The molecule has 0 unspecified atom stereocenters. The first-order valence-electron chi connectivity index (χ1n) is 6.33. The van der Waals surface area contributed by atoms with Crippen molar-refractivity contribution in [2.45, 2.75) is 6.92 Å². The number of allylic oxidation sites excluding steroid dienone is 1. The Bertz CT molecular complexity index is 532. The van der Waals surface area contributed by atoms with Gasteiger partial charge in [0.25, 0.3) is 0 Å². The third-order valence-electron chi connectivity index (χ3n) is 2.66. The van der Waals surface area contributed by atoms with E-state index in [1.54, 1.807) is 0 Å². The van der Waals surface area contributed by atoms with E-state index in [-0.39, 0.29) is 0 Å². The zero-order valence-corrected chi connectivity index (χ0v) is 11.1. The number of benzene rings is 2. The van der Waals surface area contributed by atoms with Crippen LogP contribution in [-0.2, 0) is 4.74 Å². The molecule has 0 aliphatic heterocycles. The van der Waals surface area contributed by atoms with Crippen LogP contribution >= 0.6 is 0 Å². The van der Waals surface area contributed by atoms with Gasteiger partial charge in [0, 0.05) is 5.56 Å². The smallest absolute Gasteiger partial charge is 0.127 e. The number of hydrogen-bond acceptors (Lipinski definition) is 2. The molecular weight excluding hydrogens is 236 g/mol. The van der Waals surface area contributed by atoms with Crippen LogP contribution in [0.5, 0.6) is 5.75 Å². The predicted molar refractivity (Wildman–Crippen MR) is 78.1 cm³/mol. The fourth-order valence-corrected chi connectivity index (χ4v) is 1.82. The molecule has 0 aliphatic carbocycles. The fourth-order valence-electron chi connectivity index (χ4n) is 1.82. The highest BCUT2D eigenvalue weighted by molar-refractivity contribution is 5.70. The Labute approximate surface area is 114 Å². The van der Waals surface area contributed by atoms with E-state index in [4.69, 9.17) is 9.47 Å². The van der Waals surface area contributed by atoms with Gasteiger partial charge in [0.05, 0.1) is 5.76 Å². The molecule has 2 rings (SSSR count). The molecular formula is C17H18O2. The van der Waals surface area contributed by atoms with Crippen molar-refractivity contribution in [3.05, 3.63) is 66.9 Å². The lowest BCUT2D eigenvalue weighted by atomic mass is 10.1. The Kier molecular flexibility index (Phi) is 4.62. The van der Waals surface area contributed by atoms with E-state index in [1.165, 1.54) is 0 Å². The van der Waals surface area contributed by atoms with Gasteiger partial charge in [-0.2, -0.15) is 0 Å². The van der Waals surface area contributed by atoms with E-state index in [0.29, 0.717) is 19.0 Å². The first-order chi connectivity index (χ1) is 9.27. The van der Waals surface area contributed by atoms with Crippen LogP contribution in [-0.4, -0.2) is 13.2 Å². The average molecular weight is 254 g/mol. The summed E-state index contributed by atoms with van der Waals surface area (Å²) in [7, 11) is 0. The Balaban J connectivity index is 2.07. The highest BCUT2D eigenvalue weighted by Crippen LogP contribution is 2.29. The molecule has 2 heteroatoms. The molecule has 0 amide bonds. The van der Waals surface area contributed by atoms with Gasteiger partial charge in [-0.05, 0) is 18.6 Å². The van der Waals surface area contributed by atoms with E-state index in [2.05, 4.69) is 24.8 Å². The Morgan fingerprint density at radius 1 is 0.947 bits per heavy atom. The van der Waals surface area contributed by atoms with Crippen LogP contribution in [0.2, 0.25) is 0 Å². The third-order valence-corrected chi connectivity index (χ3v) is 2.66. The molecule has 2 aromatic rings. The zero-order valence-electron chi connectivity index (χ0n) is 11.1. The van der Waals surface area contributed by atoms with Gasteiger partial charge in [-0.15, -0.1) is 0 Å². The standard InChI is InChI=1S/C17H18O2/c1-14(2)18-12-13-19-17-11-7-6-10-16(17)15-8-4-3-5-9-15/h3-11H,1,12-13H2,2H3. The molecule has 0 radical (unpaired) electrons. The molecule has 2 aromatic carbocycles. The molecule has 19 heavy (non-hydrogen) atoms. The van der Waals surface area contributed by atoms with E-state index < -0.39 is 0 Å². The molecule has 0 saturated heterocycles. The quantitative estimate of drug-likeness (QED) is 0.565. The number of rotatable bonds is 6. The summed E-state index contributed by atoms with van der Waals surface area (Å²) in [6.07, 6.45) is 0. The van der Waals surface area contributed by atoms with Crippen LogP contribution in [0.15, 0.2) is 66.9 Å². The number of hydrogen-bond donors (Lipinski definition) is 0. The summed E-state index contributed by atoms with van der Waals surface area (Å²) in [5.74, 6) is 1.58. The first kappa shape index (κ1) is 13.2. The first-order valence-corrected chi connectivity index (χ1v) is 6.33. The third kappa shape index (κ3) is 3.88. The summed E-state index contributed by atoms with van der Waals surface area (Å²) in [4.78, 5) is 0. The number of para-hydroxylation sites is 1. The Morgan fingerprint density at radius 2 is 1.63 bits per heavy atom. The lowest BCUT2D eigenvalue weighted by Gasteiger charge is -2.12. The summed E-state index contributed by atoms with van der Waals surface area (Å²) in [6, 6.07) is 18.2. The van der Waals surface area contributed by atoms with Gasteiger partial charge in [0.2, 0.25) is 0 Å². The molecule has 0 saturated carbocycles. The second-order valence-corrected chi connectivity index (χ2v) is 4.26. The Hall–Kier alpha value is -2.22. The Morgan fingerprint density at radius 3 is 2.37 bits per heavy atom. The maximum absolute atomic E-state index is 5.78. The van der Waals surface area contributed by atoms with Crippen molar-refractivity contribution in [3.63, 3.8) is 0 Å². The second-order valence-electron chi connectivity index (χ2n) is 4.26. The predicted octanol–water partition coefficient (Wildman–Crippen LogP) is 4.28. The largest absolute Gasteiger partial charge is 0.495 e. The van der Waals surface area contributed by atoms with Crippen LogP contribution in [0, 0.1) is 0 Å². The van der Waals surface area contributed by atoms with Crippen molar-refractivity contribution < 1.29 is 9.47 Å². The summed E-state index contributed by atoms with van der Waals surface area (Å²) in [6.45, 7) is 6.54. The normalized spacial score (nSPS) is 9.95. The van der Waals surface area contributed by atoms with Crippen molar-refractivity contribution in [3.8, 4) is 16.9 Å². The van der Waals surface area contributed by atoms with Gasteiger partial charge < -0.3 is 9.47 Å². The van der Waals surface area contributed by atoms with Crippen molar-refractivity contribution in [2.24, 2.45) is 0 Å². The zero-order chi connectivity index (χ0) is 13.5. The molecule has 2 nitrogen and oxygen atoms in total. The summed E-state index contributed by atoms with van der Waals surface area (Å²) in [5.41, 5.74) is 2.25. The topological polar surface area (TPSA) is 18.5 Å². The lowest BCUT2D eigenvalue weighted by molar-refractivity contribution is 0.159. The maximum Gasteiger partial charge on any atom is 0.127 e. The van der Waals surface area contributed by atoms with E-state index in [0.717, 1.165) is 16.9 Å². The molecule has 0 aromatic heterocycles. The van der Waals surface area contributed by atoms with Crippen LogP contribution in [0.1, 0.15) is 6.92 Å². The van der Waals surface area contributed by atoms with Gasteiger partial charge >= 0.3 is 0 Å². The van der Waals surface area contributed by atoms with Crippen LogP contribution in [0.4, 0.5) is 0 Å². The van der Waals surface area contributed by atoms with E-state index >= 15 is 0 Å². The van der Waals surface area contributed by atoms with Gasteiger partial charge in [-0.25, -0.2) is 0 Å². The van der Waals surface area contributed by atoms with Crippen molar-refractivity contribution in [2.75, 3.05) is 13.2 Å². The van der Waals surface area contributed by atoms with E-state index in [1.807, 2.05) is 43.3 Å². The molecule has 0 spiro atoms. The highest BCUT2D eigenvalue weighted by Gasteiger charge is 2.04. The fraction of sp³-hybridized carbons (Fsp3) is 0.176. The summed E-state index contributed by atoms with van der Waals surface area (Å²) in [5, 5.41) is 0. The maximum atomic E-state index is 5.78. The van der Waals surface area contributed by atoms with Crippen LogP contribution < -0.4 is 4.74 Å². The molecule has 0 heterocycles. The van der Waals surface area contributed by atoms with Crippen molar-refractivity contribution in [1.82, 2.24) is 0 Å². The molecule has 0 aliphatic rings.